The Hall–Kier alpha value is -1.74. The number of nitrogens with one attached hydrogen (secondary N) is 1. The van der Waals surface area contributed by atoms with E-state index in [9.17, 15) is 0 Å². The normalized spacial score (nSPS) is 12.3. The van der Waals surface area contributed by atoms with Gasteiger partial charge in [-0.2, -0.15) is 0 Å². The van der Waals surface area contributed by atoms with Crippen LogP contribution in [0.3, 0.4) is 0 Å². The fourth-order valence-corrected chi connectivity index (χ4v) is 2.21. The number of benzene rings is 1. The van der Waals surface area contributed by atoms with Gasteiger partial charge in [0.05, 0.1) is 0 Å². The summed E-state index contributed by atoms with van der Waals surface area (Å²) in [6.07, 6.45) is 6.23. The van der Waals surface area contributed by atoms with Crippen molar-refractivity contribution < 1.29 is 0 Å². The predicted molar refractivity (Wildman–Crippen MR) is 83.4 cm³/mol. The highest BCUT2D eigenvalue weighted by Crippen LogP contribution is 2.15. The molecule has 2 rings (SSSR count). The Bertz CT molecular complexity index is 534. The molecule has 106 valence electrons. The monoisotopic (exact) mass is 269 g/mol. The molecule has 1 atom stereocenters. The first-order valence-corrected chi connectivity index (χ1v) is 7.30. The molecule has 1 aromatic heterocycles. The zero-order chi connectivity index (χ0) is 14.4. The van der Waals surface area contributed by atoms with E-state index in [0.29, 0.717) is 6.04 Å². The molecular weight excluding hydrogens is 246 g/mol. The van der Waals surface area contributed by atoms with Crippen molar-refractivity contribution in [1.29, 1.82) is 0 Å². The maximum absolute atomic E-state index is 4.46. The van der Waals surface area contributed by atoms with E-state index in [1.165, 1.54) is 18.4 Å². The van der Waals surface area contributed by atoms with Crippen molar-refractivity contribution >= 4 is 0 Å². The Balaban J connectivity index is 1.99. The van der Waals surface area contributed by atoms with E-state index >= 15 is 0 Å². The second-order valence-electron chi connectivity index (χ2n) is 5.36. The van der Waals surface area contributed by atoms with Crippen LogP contribution < -0.4 is 5.32 Å². The lowest BCUT2D eigenvalue weighted by Crippen LogP contribution is -2.25. The van der Waals surface area contributed by atoms with Crippen LogP contribution in [0.25, 0.3) is 11.4 Å². The standard InChI is InChI=1S/C17H23N3/c1-4-6-14(3)18-10-15-11-19-17(20-12-15)16-8-5-7-13(2)9-16/h5,7-9,11-12,14,18H,4,6,10H2,1-3H3/t14-/m1/s1. The molecule has 20 heavy (non-hydrogen) atoms. The van der Waals surface area contributed by atoms with Crippen molar-refractivity contribution in [2.24, 2.45) is 0 Å². The van der Waals surface area contributed by atoms with Crippen molar-refractivity contribution in [2.75, 3.05) is 0 Å². The second kappa shape index (κ2) is 7.15. The molecule has 1 heterocycles. The number of hydrogen-bond donors (Lipinski definition) is 1. The first kappa shape index (κ1) is 14.7. The van der Waals surface area contributed by atoms with Crippen LogP contribution in [0.4, 0.5) is 0 Å². The molecule has 0 radical (unpaired) electrons. The highest BCUT2D eigenvalue weighted by atomic mass is 14.9. The number of hydrogen-bond acceptors (Lipinski definition) is 3. The van der Waals surface area contributed by atoms with E-state index in [4.69, 9.17) is 0 Å². The largest absolute Gasteiger partial charge is 0.310 e. The van der Waals surface area contributed by atoms with Crippen molar-refractivity contribution in [3.63, 3.8) is 0 Å². The van der Waals surface area contributed by atoms with Gasteiger partial charge in [0.25, 0.3) is 0 Å². The zero-order valence-corrected chi connectivity index (χ0v) is 12.6. The van der Waals surface area contributed by atoms with Gasteiger partial charge in [-0.3, -0.25) is 0 Å². The van der Waals surface area contributed by atoms with Crippen LogP contribution in [0.15, 0.2) is 36.7 Å². The van der Waals surface area contributed by atoms with Gasteiger partial charge in [-0.25, -0.2) is 9.97 Å². The fourth-order valence-electron chi connectivity index (χ4n) is 2.21. The smallest absolute Gasteiger partial charge is 0.159 e. The molecular formula is C17H23N3. The summed E-state index contributed by atoms with van der Waals surface area (Å²) >= 11 is 0. The van der Waals surface area contributed by atoms with Crippen molar-refractivity contribution in [2.45, 2.75) is 46.2 Å². The first-order chi connectivity index (χ1) is 9.69. The van der Waals surface area contributed by atoms with Gasteiger partial charge < -0.3 is 5.32 Å². The van der Waals surface area contributed by atoms with E-state index < -0.39 is 0 Å². The van der Waals surface area contributed by atoms with Gasteiger partial charge in [-0.05, 0) is 26.3 Å². The van der Waals surface area contributed by atoms with Crippen molar-refractivity contribution in [1.82, 2.24) is 15.3 Å². The van der Waals surface area contributed by atoms with Crippen LogP contribution in [0.5, 0.6) is 0 Å². The minimum atomic E-state index is 0.538. The molecule has 0 bridgehead atoms. The van der Waals surface area contributed by atoms with E-state index in [1.807, 2.05) is 24.5 Å². The molecule has 0 unspecified atom stereocenters. The third-order valence-corrected chi connectivity index (χ3v) is 3.36. The van der Waals surface area contributed by atoms with Crippen molar-refractivity contribution in [3.8, 4) is 11.4 Å². The topological polar surface area (TPSA) is 37.8 Å². The van der Waals surface area contributed by atoms with Gasteiger partial charge in [0.15, 0.2) is 5.82 Å². The summed E-state index contributed by atoms with van der Waals surface area (Å²) in [7, 11) is 0. The van der Waals surface area contributed by atoms with E-state index in [1.54, 1.807) is 0 Å². The van der Waals surface area contributed by atoms with Crippen LogP contribution in [-0.4, -0.2) is 16.0 Å². The number of aromatic nitrogens is 2. The van der Waals surface area contributed by atoms with Gasteiger partial charge in [-0.15, -0.1) is 0 Å². The molecule has 1 N–H and O–H groups in total. The average molecular weight is 269 g/mol. The Morgan fingerprint density at radius 2 is 1.95 bits per heavy atom. The van der Waals surface area contributed by atoms with Crippen LogP contribution in [0, 0.1) is 6.92 Å². The van der Waals surface area contributed by atoms with Crippen molar-refractivity contribution in [3.05, 3.63) is 47.8 Å². The summed E-state index contributed by atoms with van der Waals surface area (Å²) in [6.45, 7) is 7.33. The van der Waals surface area contributed by atoms with Gasteiger partial charge in [0.2, 0.25) is 0 Å². The molecule has 0 saturated heterocycles. The Kier molecular flexibility index (Phi) is 5.24. The summed E-state index contributed by atoms with van der Waals surface area (Å²) in [4.78, 5) is 8.93. The van der Waals surface area contributed by atoms with E-state index in [-0.39, 0.29) is 0 Å². The van der Waals surface area contributed by atoms with E-state index in [2.05, 4.69) is 48.2 Å². The second-order valence-corrected chi connectivity index (χ2v) is 5.36. The molecule has 0 amide bonds. The Morgan fingerprint density at radius 1 is 1.20 bits per heavy atom. The molecule has 0 fully saturated rings. The third kappa shape index (κ3) is 4.14. The highest BCUT2D eigenvalue weighted by Gasteiger charge is 2.03. The summed E-state index contributed by atoms with van der Waals surface area (Å²) < 4.78 is 0. The van der Waals surface area contributed by atoms with Crippen LogP contribution in [0.2, 0.25) is 0 Å². The van der Waals surface area contributed by atoms with Crippen LogP contribution in [0.1, 0.15) is 37.8 Å². The average Bonchev–Trinajstić information content (AvgIpc) is 2.46. The first-order valence-electron chi connectivity index (χ1n) is 7.30. The minimum Gasteiger partial charge on any atom is -0.310 e. The molecule has 3 heteroatoms. The van der Waals surface area contributed by atoms with Gasteiger partial charge in [0, 0.05) is 36.1 Å². The Labute approximate surface area is 121 Å². The number of nitrogens with zero attached hydrogens (tertiary/aromatic N) is 2. The summed E-state index contributed by atoms with van der Waals surface area (Å²) in [6, 6.07) is 8.81. The molecule has 0 spiro atoms. The summed E-state index contributed by atoms with van der Waals surface area (Å²) in [5, 5.41) is 3.49. The lowest BCUT2D eigenvalue weighted by molar-refractivity contribution is 0.507. The van der Waals surface area contributed by atoms with Crippen LogP contribution >= 0.6 is 0 Å². The predicted octanol–water partition coefficient (Wildman–Crippen LogP) is 3.73. The van der Waals surface area contributed by atoms with E-state index in [0.717, 1.165) is 23.5 Å². The molecule has 0 saturated carbocycles. The molecule has 0 aliphatic rings. The van der Waals surface area contributed by atoms with Gasteiger partial charge >= 0.3 is 0 Å². The molecule has 2 aromatic rings. The molecule has 0 aliphatic carbocycles. The lowest BCUT2D eigenvalue weighted by atomic mass is 10.1. The summed E-state index contributed by atoms with van der Waals surface area (Å²) in [5.41, 5.74) is 3.43. The lowest BCUT2D eigenvalue weighted by Gasteiger charge is -2.12. The summed E-state index contributed by atoms with van der Waals surface area (Å²) in [5.74, 6) is 0.791. The fraction of sp³-hybridized carbons (Fsp3) is 0.412. The maximum atomic E-state index is 4.46. The molecule has 0 aliphatic heterocycles. The zero-order valence-electron chi connectivity index (χ0n) is 12.6. The minimum absolute atomic E-state index is 0.538. The SMILES string of the molecule is CCC[C@@H](C)NCc1cnc(-c2cccc(C)c2)nc1. The van der Waals surface area contributed by atoms with Gasteiger partial charge in [-0.1, -0.05) is 37.1 Å². The molecule has 3 nitrogen and oxygen atoms in total. The van der Waals surface area contributed by atoms with Crippen LogP contribution in [-0.2, 0) is 6.54 Å². The number of rotatable bonds is 6. The maximum Gasteiger partial charge on any atom is 0.159 e. The third-order valence-electron chi connectivity index (χ3n) is 3.36. The Morgan fingerprint density at radius 3 is 2.60 bits per heavy atom. The van der Waals surface area contributed by atoms with Gasteiger partial charge in [0.1, 0.15) is 0 Å². The number of aryl methyl sites for hydroxylation is 1. The molecule has 1 aromatic carbocycles. The highest BCUT2D eigenvalue weighted by molar-refractivity contribution is 5.55. The quantitative estimate of drug-likeness (QED) is 0.868.